The minimum Gasteiger partial charge on any atom is -0.462 e. The number of hydrazone groups is 1. The first-order chi connectivity index (χ1) is 17.1. The van der Waals surface area contributed by atoms with Crippen molar-refractivity contribution in [2.24, 2.45) is 10.5 Å². The van der Waals surface area contributed by atoms with Gasteiger partial charge in [0.15, 0.2) is 0 Å². The van der Waals surface area contributed by atoms with Gasteiger partial charge in [-0.25, -0.2) is 4.79 Å². The van der Waals surface area contributed by atoms with E-state index in [0.717, 1.165) is 18.3 Å². The van der Waals surface area contributed by atoms with Crippen molar-refractivity contribution in [3.8, 4) is 0 Å². The molecule has 190 valence electrons. The zero-order valence-corrected chi connectivity index (χ0v) is 20.3. The second-order valence-electron chi connectivity index (χ2n) is 9.53. The Hall–Kier alpha value is -3.40. The highest BCUT2D eigenvalue weighted by Gasteiger charge is 2.59. The van der Waals surface area contributed by atoms with E-state index in [1.807, 2.05) is 7.05 Å². The summed E-state index contributed by atoms with van der Waals surface area (Å²) in [6, 6.07) is 9.93. The predicted octanol–water partition coefficient (Wildman–Crippen LogP) is 3.97. The molecule has 0 aliphatic carbocycles. The number of fused-ring (bicyclic) bond motifs is 4. The number of hydrogen-bond donors (Lipinski definition) is 0. The fourth-order valence-electron chi connectivity index (χ4n) is 5.58. The van der Waals surface area contributed by atoms with Crippen LogP contribution in [-0.2, 0) is 22.1 Å². The van der Waals surface area contributed by atoms with Gasteiger partial charge in [-0.3, -0.25) is 4.79 Å². The molecule has 3 aliphatic heterocycles. The Labute approximate surface area is 207 Å². The van der Waals surface area contributed by atoms with Crippen LogP contribution in [0.3, 0.4) is 0 Å². The minimum atomic E-state index is -4.48. The first-order valence-electron chi connectivity index (χ1n) is 11.9. The number of nitrogens with zero attached hydrogens (tertiary/aromatic N) is 4. The van der Waals surface area contributed by atoms with Crippen LogP contribution in [0.4, 0.5) is 24.5 Å². The summed E-state index contributed by atoms with van der Waals surface area (Å²) < 4.78 is 45.6. The third-order valence-corrected chi connectivity index (χ3v) is 7.43. The molecule has 2 atom stereocenters. The van der Waals surface area contributed by atoms with Crippen molar-refractivity contribution in [1.82, 2.24) is 4.90 Å². The predicted molar refractivity (Wildman–Crippen MR) is 129 cm³/mol. The quantitative estimate of drug-likeness (QED) is 0.597. The number of hydrogen-bond acceptors (Lipinski definition) is 6. The summed E-state index contributed by atoms with van der Waals surface area (Å²) in [6.45, 7) is 5.65. The van der Waals surface area contributed by atoms with Gasteiger partial charge in [-0.1, -0.05) is 0 Å². The SMILES string of the molecule is CCOC(=O)c1ccc(N2N=C(C)[C@]3(Cc4cc(C(F)(F)F)ccc4N4CCN(C)C[C@H]43)C2=O)cc1. The average Bonchev–Trinajstić information content (AvgIpc) is 3.09. The zero-order valence-electron chi connectivity index (χ0n) is 20.3. The van der Waals surface area contributed by atoms with Crippen LogP contribution < -0.4 is 9.91 Å². The molecule has 1 saturated heterocycles. The topological polar surface area (TPSA) is 65.5 Å². The summed E-state index contributed by atoms with van der Waals surface area (Å²) >= 11 is 0. The van der Waals surface area contributed by atoms with E-state index in [9.17, 15) is 22.8 Å². The van der Waals surface area contributed by atoms with Crippen molar-refractivity contribution in [3.63, 3.8) is 0 Å². The second kappa shape index (κ2) is 8.62. The second-order valence-corrected chi connectivity index (χ2v) is 9.53. The molecule has 0 unspecified atom stereocenters. The van der Waals surface area contributed by atoms with Crippen molar-refractivity contribution in [2.75, 3.05) is 43.2 Å². The largest absolute Gasteiger partial charge is 0.462 e. The molecule has 1 spiro atoms. The van der Waals surface area contributed by atoms with Crippen molar-refractivity contribution in [2.45, 2.75) is 32.5 Å². The summed E-state index contributed by atoms with van der Waals surface area (Å²) in [4.78, 5) is 30.3. The maximum atomic E-state index is 14.1. The highest BCUT2D eigenvalue weighted by atomic mass is 19.4. The number of anilines is 2. The molecular weight excluding hydrogens is 473 g/mol. The number of ether oxygens (including phenoxy) is 1. The Morgan fingerprint density at radius 3 is 2.56 bits per heavy atom. The molecule has 2 aromatic rings. The van der Waals surface area contributed by atoms with E-state index < -0.39 is 23.1 Å². The summed E-state index contributed by atoms with van der Waals surface area (Å²) in [5, 5.41) is 5.92. The highest BCUT2D eigenvalue weighted by molar-refractivity contribution is 6.20. The van der Waals surface area contributed by atoms with Crippen LogP contribution in [0.15, 0.2) is 47.6 Å². The molecule has 3 heterocycles. The Morgan fingerprint density at radius 1 is 1.17 bits per heavy atom. The lowest BCUT2D eigenvalue weighted by Gasteiger charge is -2.53. The van der Waals surface area contributed by atoms with Crippen LogP contribution >= 0.6 is 0 Å². The first-order valence-corrected chi connectivity index (χ1v) is 11.9. The van der Waals surface area contributed by atoms with Crippen LogP contribution in [0, 0.1) is 5.41 Å². The van der Waals surface area contributed by atoms with Gasteiger partial charge < -0.3 is 14.5 Å². The average molecular weight is 501 g/mol. The number of likely N-dealkylation sites (N-methyl/N-ethyl adjacent to an activating group) is 1. The number of rotatable bonds is 3. The van der Waals surface area contributed by atoms with Crippen molar-refractivity contribution in [3.05, 3.63) is 59.2 Å². The molecule has 0 aromatic heterocycles. The number of esters is 1. The van der Waals surface area contributed by atoms with E-state index in [2.05, 4.69) is 14.9 Å². The van der Waals surface area contributed by atoms with Gasteiger partial charge in [0.1, 0.15) is 5.41 Å². The normalized spacial score (nSPS) is 24.0. The third kappa shape index (κ3) is 3.75. The van der Waals surface area contributed by atoms with E-state index >= 15 is 0 Å². The number of amides is 1. The van der Waals surface area contributed by atoms with Gasteiger partial charge in [0.05, 0.1) is 35.2 Å². The number of carbonyl (C=O) groups is 2. The molecule has 2 aromatic carbocycles. The Kier molecular flexibility index (Phi) is 5.82. The van der Waals surface area contributed by atoms with Crippen LogP contribution in [0.2, 0.25) is 0 Å². The summed E-state index contributed by atoms with van der Waals surface area (Å²) in [7, 11) is 1.98. The van der Waals surface area contributed by atoms with Crippen molar-refractivity contribution in [1.29, 1.82) is 0 Å². The van der Waals surface area contributed by atoms with Gasteiger partial charge in [-0.15, -0.1) is 0 Å². The summed E-state index contributed by atoms with van der Waals surface area (Å²) in [5.74, 6) is -0.740. The molecule has 1 fully saturated rings. The van der Waals surface area contributed by atoms with Gasteiger partial charge >= 0.3 is 12.1 Å². The van der Waals surface area contributed by atoms with E-state index in [0.29, 0.717) is 35.6 Å². The third-order valence-electron chi connectivity index (χ3n) is 7.43. The molecule has 3 aliphatic rings. The van der Waals surface area contributed by atoms with Crippen LogP contribution in [-0.4, -0.2) is 61.8 Å². The van der Waals surface area contributed by atoms with Gasteiger partial charge in [0, 0.05) is 25.3 Å². The fraction of sp³-hybridized carbons (Fsp3) is 0.423. The van der Waals surface area contributed by atoms with E-state index in [-0.39, 0.29) is 25.0 Å². The van der Waals surface area contributed by atoms with Crippen molar-refractivity contribution < 1.29 is 27.5 Å². The molecule has 0 N–H and O–H groups in total. The van der Waals surface area contributed by atoms with Gasteiger partial charge in [0.25, 0.3) is 5.91 Å². The number of carbonyl (C=O) groups excluding carboxylic acids is 2. The lowest BCUT2D eigenvalue weighted by atomic mass is 9.67. The summed E-state index contributed by atoms with van der Waals surface area (Å²) in [6.07, 6.45) is -4.34. The minimum absolute atomic E-state index is 0.132. The van der Waals surface area contributed by atoms with Crippen LogP contribution in [0.5, 0.6) is 0 Å². The van der Waals surface area contributed by atoms with Crippen LogP contribution in [0.25, 0.3) is 0 Å². The smallest absolute Gasteiger partial charge is 0.416 e. The molecule has 7 nitrogen and oxygen atoms in total. The highest BCUT2D eigenvalue weighted by Crippen LogP contribution is 2.49. The van der Waals surface area contributed by atoms with Crippen molar-refractivity contribution >= 4 is 29.0 Å². The molecule has 5 rings (SSSR count). The Morgan fingerprint density at radius 2 is 1.89 bits per heavy atom. The van der Waals surface area contributed by atoms with Crippen LogP contribution in [0.1, 0.15) is 35.3 Å². The van der Waals surface area contributed by atoms with Gasteiger partial charge in [-0.05, 0) is 75.3 Å². The molecule has 10 heteroatoms. The molecule has 0 saturated carbocycles. The zero-order chi connectivity index (χ0) is 25.8. The van der Waals surface area contributed by atoms with Gasteiger partial charge in [-0.2, -0.15) is 23.3 Å². The van der Waals surface area contributed by atoms with Gasteiger partial charge in [0.2, 0.25) is 0 Å². The summed E-state index contributed by atoms with van der Waals surface area (Å²) in [5.41, 5.74) is 0.804. The number of piperazine rings is 1. The molecule has 0 bridgehead atoms. The number of alkyl halides is 3. The Balaban J connectivity index is 1.55. The monoisotopic (exact) mass is 500 g/mol. The standard InChI is InChI=1S/C26H27F3N4O3/c1-4-36-23(34)17-5-8-20(9-6-17)33-24(35)25(16(2)30-33)14-18-13-19(26(27,28)29)7-10-21(18)32-12-11-31(3)15-22(25)32/h5-10,13,22H,4,11-12,14-15H2,1-3H3/t22-,25-/m0/s1. The lowest BCUT2D eigenvalue weighted by Crippen LogP contribution is -2.66. The maximum absolute atomic E-state index is 14.1. The van der Waals surface area contributed by atoms with E-state index in [4.69, 9.17) is 4.74 Å². The molecule has 0 radical (unpaired) electrons. The Bertz CT molecular complexity index is 1240. The lowest BCUT2D eigenvalue weighted by molar-refractivity contribution is -0.137. The number of benzene rings is 2. The fourth-order valence-corrected chi connectivity index (χ4v) is 5.58. The molecule has 1 amide bonds. The first kappa shape index (κ1) is 24.3. The number of halogens is 3. The molecular formula is C26H27F3N4O3. The maximum Gasteiger partial charge on any atom is 0.416 e. The van der Waals surface area contributed by atoms with E-state index in [1.54, 1.807) is 38.1 Å². The van der Waals surface area contributed by atoms with E-state index in [1.165, 1.54) is 17.1 Å². The molecule has 36 heavy (non-hydrogen) atoms.